The summed E-state index contributed by atoms with van der Waals surface area (Å²) in [6.45, 7) is 7.56. The second-order valence-corrected chi connectivity index (χ2v) is 12.1. The molecule has 1 aromatic carbocycles. The normalized spacial score (nSPS) is 24.4. The second-order valence-electron chi connectivity index (χ2n) is 11.7. The second kappa shape index (κ2) is 11.4. The first-order valence-corrected chi connectivity index (χ1v) is 14.8. The number of benzene rings is 1. The summed E-state index contributed by atoms with van der Waals surface area (Å²) in [5.74, 6) is 2.26. The molecule has 3 fully saturated rings. The average molecular weight is 538 g/mol. The van der Waals surface area contributed by atoms with Crippen LogP contribution in [0.1, 0.15) is 70.8 Å². The number of piperidine rings is 1. The Labute approximate surface area is 230 Å². The van der Waals surface area contributed by atoms with Crippen molar-refractivity contribution in [1.29, 1.82) is 0 Å². The van der Waals surface area contributed by atoms with Crippen LogP contribution in [0.15, 0.2) is 30.5 Å². The summed E-state index contributed by atoms with van der Waals surface area (Å²) in [7, 11) is 0. The van der Waals surface area contributed by atoms with Gasteiger partial charge in [-0.05, 0) is 95.5 Å². The van der Waals surface area contributed by atoms with Gasteiger partial charge in [0.1, 0.15) is 5.52 Å². The quantitative estimate of drug-likeness (QED) is 0.360. The first kappa shape index (κ1) is 25.8. The Morgan fingerprint density at radius 1 is 1.05 bits per heavy atom. The lowest BCUT2D eigenvalue weighted by Crippen LogP contribution is -2.41. The van der Waals surface area contributed by atoms with E-state index in [9.17, 15) is 0 Å². The molecule has 3 aliphatic rings. The molecule has 2 saturated heterocycles. The topological polar surface area (TPSA) is 80.1 Å². The summed E-state index contributed by atoms with van der Waals surface area (Å²) in [6.07, 6.45) is 12.6. The van der Waals surface area contributed by atoms with E-state index < -0.39 is 0 Å². The molecule has 0 spiro atoms. The number of anilines is 3. The zero-order valence-electron chi connectivity index (χ0n) is 22.5. The summed E-state index contributed by atoms with van der Waals surface area (Å²) in [4.78, 5) is 17.3. The molecule has 0 bridgehead atoms. The van der Waals surface area contributed by atoms with Crippen molar-refractivity contribution in [3.8, 4) is 0 Å². The Morgan fingerprint density at radius 3 is 2.61 bits per heavy atom. The molecule has 8 nitrogen and oxygen atoms in total. The highest BCUT2D eigenvalue weighted by Crippen LogP contribution is 2.38. The van der Waals surface area contributed by atoms with Gasteiger partial charge in [-0.15, -0.1) is 0 Å². The van der Waals surface area contributed by atoms with Crippen LogP contribution in [-0.4, -0.2) is 62.8 Å². The third-order valence-corrected chi connectivity index (χ3v) is 8.91. The number of hydrogen-bond acceptors (Lipinski definition) is 7. The molecular weight excluding hydrogens is 498 g/mol. The summed E-state index contributed by atoms with van der Waals surface area (Å²) in [5, 5.41) is 7.85. The zero-order chi connectivity index (χ0) is 26.0. The van der Waals surface area contributed by atoms with E-state index >= 15 is 0 Å². The minimum absolute atomic E-state index is 0.0643. The fraction of sp³-hybridized carbons (Fsp3) is 0.621. The van der Waals surface area contributed by atoms with Gasteiger partial charge in [0.15, 0.2) is 5.65 Å². The Hall–Kier alpha value is -2.42. The molecule has 1 saturated carbocycles. The Balaban J connectivity index is 1.26. The minimum atomic E-state index is -0.0643. The largest absolute Gasteiger partial charge is 0.381 e. The molecule has 3 aromatic rings. The highest BCUT2D eigenvalue weighted by molar-refractivity contribution is 6.30. The van der Waals surface area contributed by atoms with Crippen LogP contribution >= 0.6 is 11.6 Å². The van der Waals surface area contributed by atoms with Gasteiger partial charge in [0.25, 0.3) is 0 Å². The molecule has 2 aliphatic heterocycles. The number of ether oxygens (including phenoxy) is 1. The summed E-state index contributed by atoms with van der Waals surface area (Å²) < 4.78 is 7.91. The molecule has 6 rings (SSSR count). The third-order valence-electron chi connectivity index (χ3n) is 8.67. The Kier molecular flexibility index (Phi) is 7.73. The van der Waals surface area contributed by atoms with Crippen LogP contribution in [0.3, 0.4) is 0 Å². The zero-order valence-corrected chi connectivity index (χ0v) is 23.2. The van der Waals surface area contributed by atoms with E-state index in [2.05, 4.69) is 32.0 Å². The van der Waals surface area contributed by atoms with E-state index in [1.54, 1.807) is 0 Å². The number of halogens is 1. The Bertz CT molecular complexity index is 1230. The monoisotopic (exact) mass is 537 g/mol. The predicted octanol–water partition coefficient (Wildman–Crippen LogP) is 6.42. The third kappa shape index (κ3) is 5.92. The van der Waals surface area contributed by atoms with Crippen LogP contribution in [-0.2, 0) is 4.74 Å². The van der Waals surface area contributed by atoms with Gasteiger partial charge in [-0.1, -0.05) is 24.1 Å². The van der Waals surface area contributed by atoms with Crippen LogP contribution in [0.25, 0.3) is 11.2 Å². The van der Waals surface area contributed by atoms with Gasteiger partial charge in [-0.2, -0.15) is 4.98 Å². The van der Waals surface area contributed by atoms with Crippen molar-refractivity contribution in [3.63, 3.8) is 0 Å². The van der Waals surface area contributed by atoms with E-state index in [1.165, 1.54) is 51.7 Å². The maximum absolute atomic E-state index is 6.29. The van der Waals surface area contributed by atoms with Gasteiger partial charge < -0.3 is 20.3 Å². The van der Waals surface area contributed by atoms with Crippen molar-refractivity contribution >= 4 is 40.3 Å². The van der Waals surface area contributed by atoms with Gasteiger partial charge in [-0.25, -0.2) is 9.97 Å². The molecule has 204 valence electrons. The minimum Gasteiger partial charge on any atom is -0.381 e. The summed E-state index contributed by atoms with van der Waals surface area (Å²) >= 11 is 6.29. The fourth-order valence-electron chi connectivity index (χ4n) is 6.39. The number of fused-ring (bicyclic) bond motifs is 1. The van der Waals surface area contributed by atoms with E-state index in [1.807, 2.05) is 30.5 Å². The number of nitrogens with zero attached hydrogens (tertiary/aromatic N) is 5. The highest BCUT2D eigenvalue weighted by Gasteiger charge is 2.30. The van der Waals surface area contributed by atoms with Gasteiger partial charge in [0.2, 0.25) is 11.9 Å². The maximum Gasteiger partial charge on any atom is 0.225 e. The number of nitrogens with one attached hydrogen (secondary N) is 2. The van der Waals surface area contributed by atoms with E-state index in [0.717, 1.165) is 67.6 Å². The lowest BCUT2D eigenvalue weighted by atomic mass is 9.85. The molecule has 0 radical (unpaired) electrons. The molecule has 0 unspecified atom stereocenters. The molecule has 2 aromatic heterocycles. The molecule has 38 heavy (non-hydrogen) atoms. The lowest BCUT2D eigenvalue weighted by molar-refractivity contribution is 0.0656. The van der Waals surface area contributed by atoms with Crippen LogP contribution in [0, 0.1) is 5.92 Å². The summed E-state index contributed by atoms with van der Waals surface area (Å²) in [6, 6.07) is 8.15. The van der Waals surface area contributed by atoms with E-state index in [-0.39, 0.29) is 5.54 Å². The molecule has 2 N–H and O–H groups in total. The SMILES string of the molecule is CC1(Nc2ncc3nc(Nc4cccc(Cl)c4)n(C4CCC(CN5CCCCC5)CC4)c3n2)CCOCC1. The number of rotatable bonds is 7. The summed E-state index contributed by atoms with van der Waals surface area (Å²) in [5.41, 5.74) is 2.56. The maximum atomic E-state index is 6.29. The van der Waals surface area contributed by atoms with Gasteiger partial charge in [-0.3, -0.25) is 4.57 Å². The molecule has 9 heteroatoms. The fourth-order valence-corrected chi connectivity index (χ4v) is 6.58. The van der Waals surface area contributed by atoms with Gasteiger partial charge in [0.05, 0.1) is 6.20 Å². The number of aromatic nitrogens is 4. The van der Waals surface area contributed by atoms with Crippen LogP contribution < -0.4 is 10.6 Å². The molecule has 0 amide bonds. The van der Waals surface area contributed by atoms with E-state index in [0.29, 0.717) is 17.0 Å². The van der Waals surface area contributed by atoms with E-state index in [4.69, 9.17) is 26.3 Å². The van der Waals surface area contributed by atoms with Crippen molar-refractivity contribution in [2.45, 2.75) is 76.3 Å². The molecule has 1 aliphatic carbocycles. The van der Waals surface area contributed by atoms with Crippen LogP contribution in [0.5, 0.6) is 0 Å². The molecule has 0 atom stereocenters. The van der Waals surface area contributed by atoms with Crippen LogP contribution in [0.4, 0.5) is 17.6 Å². The number of imidazole rings is 1. The first-order chi connectivity index (χ1) is 18.5. The predicted molar refractivity (Wildman–Crippen MR) is 153 cm³/mol. The van der Waals surface area contributed by atoms with Crippen molar-refractivity contribution in [1.82, 2.24) is 24.4 Å². The number of hydrogen-bond donors (Lipinski definition) is 2. The van der Waals surface area contributed by atoms with Crippen LogP contribution in [0.2, 0.25) is 5.02 Å². The standard InChI is InChI=1S/C29H40ClN7O/c1-29(12-16-38-17-13-29)35-27-31-19-25-26(34-27)37(28(33-25)32-23-7-5-6-22(30)18-23)24-10-8-21(9-11-24)20-36-14-3-2-4-15-36/h5-7,18-19,21,24H,2-4,8-17,20H2,1H3,(H,32,33)(H,31,34,35). The van der Waals surface area contributed by atoms with Crippen molar-refractivity contribution in [3.05, 3.63) is 35.5 Å². The molecule has 4 heterocycles. The smallest absolute Gasteiger partial charge is 0.225 e. The van der Waals surface area contributed by atoms with Gasteiger partial charge >= 0.3 is 0 Å². The number of likely N-dealkylation sites (tertiary alicyclic amines) is 1. The van der Waals surface area contributed by atoms with Crippen molar-refractivity contribution < 1.29 is 4.74 Å². The highest BCUT2D eigenvalue weighted by atomic mass is 35.5. The first-order valence-electron chi connectivity index (χ1n) is 14.4. The average Bonchev–Trinajstić information content (AvgIpc) is 3.27. The molecular formula is C29H40ClN7O. The van der Waals surface area contributed by atoms with Crippen molar-refractivity contribution in [2.75, 3.05) is 43.5 Å². The Morgan fingerprint density at radius 2 is 1.84 bits per heavy atom. The van der Waals surface area contributed by atoms with Crippen molar-refractivity contribution in [2.24, 2.45) is 5.92 Å². The van der Waals surface area contributed by atoms with Gasteiger partial charge in [0, 0.05) is 42.0 Å². The lowest BCUT2D eigenvalue weighted by Gasteiger charge is -2.35.